The third kappa shape index (κ3) is 5.24. The number of halogens is 2. The normalized spacial score (nSPS) is 11.3. The van der Waals surface area contributed by atoms with E-state index in [2.05, 4.69) is 38.3 Å². The Labute approximate surface area is 213 Å². The van der Waals surface area contributed by atoms with E-state index in [0.29, 0.717) is 27.2 Å². The summed E-state index contributed by atoms with van der Waals surface area (Å²) < 4.78 is 0. The SMILES string of the molecule is CC(C)(C)c1ccc(-c2cc(C(=O)NN(C(N)=O)c3ccc(Cl)c(Cl)c3)c3ccccc3n2)cc1. The van der Waals surface area contributed by atoms with Crippen LogP contribution < -0.4 is 16.2 Å². The van der Waals surface area contributed by atoms with Gasteiger partial charge >= 0.3 is 6.03 Å². The Balaban J connectivity index is 1.75. The van der Waals surface area contributed by atoms with Crippen molar-refractivity contribution in [2.24, 2.45) is 5.73 Å². The van der Waals surface area contributed by atoms with Gasteiger partial charge in [0, 0.05) is 10.9 Å². The number of nitrogens with zero attached hydrogens (tertiary/aromatic N) is 2. The van der Waals surface area contributed by atoms with Crippen molar-refractivity contribution in [2.75, 3.05) is 5.01 Å². The van der Waals surface area contributed by atoms with Crippen molar-refractivity contribution in [3.63, 3.8) is 0 Å². The third-order valence-corrected chi connectivity index (χ3v) is 6.34. The highest BCUT2D eigenvalue weighted by molar-refractivity contribution is 6.42. The summed E-state index contributed by atoms with van der Waals surface area (Å²) in [5, 5.41) is 2.10. The van der Waals surface area contributed by atoms with Gasteiger partial charge in [0.2, 0.25) is 0 Å². The molecule has 178 valence electrons. The fourth-order valence-electron chi connectivity index (χ4n) is 3.68. The molecule has 3 aromatic carbocycles. The molecular weight excluding hydrogens is 483 g/mol. The van der Waals surface area contributed by atoms with Crippen LogP contribution in [0.15, 0.2) is 72.8 Å². The Hall–Kier alpha value is -3.61. The van der Waals surface area contributed by atoms with Crippen molar-refractivity contribution >= 4 is 51.7 Å². The molecule has 4 rings (SSSR count). The Morgan fingerprint density at radius 2 is 1.60 bits per heavy atom. The lowest BCUT2D eigenvalue weighted by Gasteiger charge is -2.22. The molecule has 8 heteroatoms. The molecule has 0 saturated carbocycles. The van der Waals surface area contributed by atoms with Gasteiger partial charge in [-0.2, -0.15) is 0 Å². The predicted octanol–water partition coefficient (Wildman–Crippen LogP) is 6.74. The highest BCUT2D eigenvalue weighted by Gasteiger charge is 2.21. The van der Waals surface area contributed by atoms with Crippen LogP contribution >= 0.6 is 23.2 Å². The summed E-state index contributed by atoms with van der Waals surface area (Å²) in [5.41, 5.74) is 12.1. The first-order valence-electron chi connectivity index (χ1n) is 10.9. The minimum absolute atomic E-state index is 0.0170. The first-order valence-corrected chi connectivity index (χ1v) is 11.7. The van der Waals surface area contributed by atoms with Crippen molar-refractivity contribution in [1.29, 1.82) is 0 Å². The van der Waals surface area contributed by atoms with Gasteiger partial charge in [-0.1, -0.05) is 86.4 Å². The topological polar surface area (TPSA) is 88.3 Å². The molecule has 0 aliphatic carbocycles. The second-order valence-electron chi connectivity index (χ2n) is 9.11. The van der Waals surface area contributed by atoms with E-state index in [1.807, 2.05) is 30.3 Å². The molecule has 0 atom stereocenters. The number of fused-ring (bicyclic) bond motifs is 1. The molecule has 6 nitrogen and oxygen atoms in total. The number of hydrogen-bond acceptors (Lipinski definition) is 3. The number of anilines is 1. The molecule has 0 bridgehead atoms. The van der Waals surface area contributed by atoms with E-state index in [4.69, 9.17) is 33.9 Å². The molecule has 0 radical (unpaired) electrons. The van der Waals surface area contributed by atoms with Crippen LogP contribution in [0.25, 0.3) is 22.2 Å². The first-order chi connectivity index (χ1) is 16.5. The zero-order valence-corrected chi connectivity index (χ0v) is 21.0. The van der Waals surface area contributed by atoms with Crippen molar-refractivity contribution in [2.45, 2.75) is 26.2 Å². The Morgan fingerprint density at radius 3 is 2.23 bits per heavy atom. The number of amides is 3. The zero-order valence-electron chi connectivity index (χ0n) is 19.5. The number of hydrazine groups is 1. The maximum absolute atomic E-state index is 13.4. The molecule has 35 heavy (non-hydrogen) atoms. The van der Waals surface area contributed by atoms with Crippen LogP contribution in [0.1, 0.15) is 36.7 Å². The minimum Gasteiger partial charge on any atom is -0.350 e. The maximum atomic E-state index is 13.4. The van der Waals surface area contributed by atoms with E-state index in [-0.39, 0.29) is 16.1 Å². The van der Waals surface area contributed by atoms with Gasteiger partial charge in [-0.15, -0.1) is 0 Å². The molecule has 3 amide bonds. The lowest BCUT2D eigenvalue weighted by atomic mass is 9.86. The third-order valence-electron chi connectivity index (χ3n) is 5.60. The van der Waals surface area contributed by atoms with Gasteiger partial charge in [-0.3, -0.25) is 10.2 Å². The van der Waals surface area contributed by atoms with Crippen LogP contribution in [-0.2, 0) is 5.41 Å². The molecule has 0 saturated heterocycles. The quantitative estimate of drug-likeness (QED) is 0.301. The van der Waals surface area contributed by atoms with E-state index in [9.17, 15) is 9.59 Å². The molecule has 0 aliphatic rings. The molecule has 4 aromatic rings. The molecule has 0 fully saturated rings. The fraction of sp³-hybridized carbons (Fsp3) is 0.148. The number of aromatic nitrogens is 1. The van der Waals surface area contributed by atoms with E-state index in [1.54, 1.807) is 12.1 Å². The number of para-hydroxylation sites is 1. The number of hydrogen-bond donors (Lipinski definition) is 2. The summed E-state index contributed by atoms with van der Waals surface area (Å²) in [6.45, 7) is 6.45. The maximum Gasteiger partial charge on any atom is 0.338 e. The summed E-state index contributed by atoms with van der Waals surface area (Å²) >= 11 is 12.1. The summed E-state index contributed by atoms with van der Waals surface area (Å²) in [7, 11) is 0. The van der Waals surface area contributed by atoms with Crippen LogP contribution in [-0.4, -0.2) is 16.9 Å². The molecule has 1 heterocycles. The molecule has 1 aromatic heterocycles. The van der Waals surface area contributed by atoms with Gasteiger partial charge < -0.3 is 5.73 Å². The lowest BCUT2D eigenvalue weighted by Crippen LogP contribution is -2.49. The number of pyridine rings is 1. The van der Waals surface area contributed by atoms with Gasteiger partial charge in [0.15, 0.2) is 0 Å². The van der Waals surface area contributed by atoms with E-state index in [0.717, 1.165) is 10.6 Å². The van der Waals surface area contributed by atoms with Gasteiger partial charge in [-0.05, 0) is 41.3 Å². The predicted molar refractivity (Wildman–Crippen MR) is 142 cm³/mol. The average molecular weight is 507 g/mol. The number of nitrogens with one attached hydrogen (secondary N) is 1. The van der Waals surface area contributed by atoms with Crippen LogP contribution in [0, 0.1) is 0 Å². The Morgan fingerprint density at radius 1 is 0.914 bits per heavy atom. The lowest BCUT2D eigenvalue weighted by molar-refractivity contribution is 0.0952. The summed E-state index contributed by atoms with van der Waals surface area (Å²) in [4.78, 5) is 30.4. The number of nitrogens with two attached hydrogens (primary N) is 1. The van der Waals surface area contributed by atoms with Crippen LogP contribution in [0.4, 0.5) is 10.5 Å². The highest BCUT2D eigenvalue weighted by atomic mass is 35.5. The van der Waals surface area contributed by atoms with Crippen LogP contribution in [0.3, 0.4) is 0 Å². The standard InChI is InChI=1S/C27H24Cl2N4O2/c1-27(2,3)17-10-8-16(9-11-17)24-15-20(19-6-4-5-7-23(19)31-24)25(34)32-33(26(30)35)18-12-13-21(28)22(29)14-18/h4-15H,1-3H3,(H2,30,35)(H,32,34). The van der Waals surface area contributed by atoms with Crippen LogP contribution in [0.2, 0.25) is 10.0 Å². The number of primary amides is 1. The van der Waals surface area contributed by atoms with Crippen molar-refractivity contribution in [3.8, 4) is 11.3 Å². The number of benzene rings is 3. The molecule has 3 N–H and O–H groups in total. The summed E-state index contributed by atoms with van der Waals surface area (Å²) in [5.74, 6) is -0.527. The minimum atomic E-state index is -0.881. The molecule has 0 unspecified atom stereocenters. The van der Waals surface area contributed by atoms with E-state index in [1.165, 1.54) is 23.8 Å². The fourth-order valence-corrected chi connectivity index (χ4v) is 3.98. The van der Waals surface area contributed by atoms with Gasteiger partial charge in [0.1, 0.15) is 0 Å². The number of carbonyl (C=O) groups excluding carboxylic acids is 2. The summed E-state index contributed by atoms with van der Waals surface area (Å²) in [6.07, 6.45) is 0. The summed E-state index contributed by atoms with van der Waals surface area (Å²) in [6, 6.07) is 20.7. The van der Waals surface area contributed by atoms with Gasteiger partial charge in [-0.25, -0.2) is 14.8 Å². The zero-order chi connectivity index (χ0) is 25.3. The highest BCUT2D eigenvalue weighted by Crippen LogP contribution is 2.29. The first kappa shape index (κ1) is 24.5. The van der Waals surface area contributed by atoms with E-state index >= 15 is 0 Å². The van der Waals surface area contributed by atoms with E-state index < -0.39 is 11.9 Å². The Bertz CT molecular complexity index is 1430. The molecule has 0 spiro atoms. The largest absolute Gasteiger partial charge is 0.350 e. The smallest absolute Gasteiger partial charge is 0.338 e. The van der Waals surface area contributed by atoms with Crippen LogP contribution in [0.5, 0.6) is 0 Å². The van der Waals surface area contributed by atoms with Gasteiger partial charge in [0.25, 0.3) is 5.91 Å². The average Bonchev–Trinajstić information content (AvgIpc) is 2.83. The van der Waals surface area contributed by atoms with Crippen molar-refractivity contribution in [1.82, 2.24) is 10.4 Å². The monoisotopic (exact) mass is 506 g/mol. The number of urea groups is 1. The van der Waals surface area contributed by atoms with Crippen molar-refractivity contribution in [3.05, 3.63) is 94.0 Å². The molecular formula is C27H24Cl2N4O2. The van der Waals surface area contributed by atoms with Crippen molar-refractivity contribution < 1.29 is 9.59 Å². The number of carbonyl (C=O) groups is 2. The number of rotatable bonds is 3. The second-order valence-corrected chi connectivity index (χ2v) is 9.93. The second kappa shape index (κ2) is 9.56. The molecule has 0 aliphatic heterocycles. The van der Waals surface area contributed by atoms with Gasteiger partial charge in [0.05, 0.1) is 32.5 Å². The Kier molecular flexibility index (Phi) is 6.70.